The van der Waals surface area contributed by atoms with Crippen molar-refractivity contribution in [3.8, 4) is 5.75 Å². The van der Waals surface area contributed by atoms with E-state index < -0.39 is 0 Å². The molecule has 2 aliphatic rings. The van der Waals surface area contributed by atoms with Gasteiger partial charge < -0.3 is 14.5 Å². The molecule has 0 saturated heterocycles. The third-order valence-electron chi connectivity index (χ3n) is 4.81. The minimum Gasteiger partial charge on any atom is -0.481 e. The van der Waals surface area contributed by atoms with Gasteiger partial charge in [0.2, 0.25) is 0 Å². The lowest BCUT2D eigenvalue weighted by atomic mass is 9.96. The first-order chi connectivity index (χ1) is 12.1. The molecule has 4 rings (SSSR count). The van der Waals surface area contributed by atoms with Crippen LogP contribution >= 0.6 is 15.9 Å². The van der Waals surface area contributed by atoms with Crippen LogP contribution in [0.1, 0.15) is 17.5 Å². The first-order valence-corrected chi connectivity index (χ1v) is 9.28. The average molecular weight is 401 g/mol. The normalized spacial score (nSPS) is 25.3. The second-order valence-corrected chi connectivity index (χ2v) is 7.78. The van der Waals surface area contributed by atoms with Gasteiger partial charge in [-0.25, -0.2) is 0 Å². The highest BCUT2D eigenvalue weighted by Crippen LogP contribution is 2.60. The fourth-order valence-electron chi connectivity index (χ4n) is 3.40. The molecule has 130 valence electrons. The quantitative estimate of drug-likeness (QED) is 0.560. The molecule has 2 unspecified atom stereocenters. The van der Waals surface area contributed by atoms with Crippen molar-refractivity contribution in [2.75, 3.05) is 27.2 Å². The van der Waals surface area contributed by atoms with Crippen LogP contribution in [0.3, 0.4) is 0 Å². The third-order valence-corrected chi connectivity index (χ3v) is 5.30. The number of hydrogen-bond acceptors (Lipinski definition) is 4. The zero-order valence-electron chi connectivity index (χ0n) is 14.4. The van der Waals surface area contributed by atoms with Crippen LogP contribution in [-0.2, 0) is 10.4 Å². The number of rotatable bonds is 5. The van der Waals surface area contributed by atoms with Gasteiger partial charge >= 0.3 is 0 Å². The Hall–Kier alpha value is -1.85. The molecule has 1 aliphatic heterocycles. The SMILES string of the molecule is CN(C)CCON=C1c2ccc(Br)cc2OC2(c3ccccc3)CC12. The molecule has 5 heteroatoms. The van der Waals surface area contributed by atoms with Crippen molar-refractivity contribution in [2.24, 2.45) is 11.1 Å². The van der Waals surface area contributed by atoms with E-state index in [4.69, 9.17) is 9.57 Å². The van der Waals surface area contributed by atoms with E-state index in [9.17, 15) is 0 Å². The first-order valence-electron chi connectivity index (χ1n) is 8.49. The average Bonchev–Trinajstić information content (AvgIpc) is 3.33. The molecule has 0 N–H and O–H groups in total. The summed E-state index contributed by atoms with van der Waals surface area (Å²) in [6.07, 6.45) is 0.930. The van der Waals surface area contributed by atoms with Crippen molar-refractivity contribution < 1.29 is 9.57 Å². The number of ether oxygens (including phenoxy) is 1. The number of fused-ring (bicyclic) bond motifs is 2. The van der Waals surface area contributed by atoms with Crippen molar-refractivity contribution in [2.45, 2.75) is 12.0 Å². The van der Waals surface area contributed by atoms with E-state index in [2.05, 4.69) is 56.3 Å². The number of nitrogens with zero attached hydrogens (tertiary/aromatic N) is 2. The molecule has 2 atom stereocenters. The molecule has 0 bridgehead atoms. The summed E-state index contributed by atoms with van der Waals surface area (Å²) in [7, 11) is 4.05. The maximum atomic E-state index is 6.46. The maximum Gasteiger partial charge on any atom is 0.143 e. The van der Waals surface area contributed by atoms with Crippen LogP contribution in [0.15, 0.2) is 58.2 Å². The minimum atomic E-state index is -0.307. The maximum absolute atomic E-state index is 6.46. The van der Waals surface area contributed by atoms with Crippen molar-refractivity contribution in [3.05, 3.63) is 64.1 Å². The number of hydrogen-bond donors (Lipinski definition) is 0. The lowest BCUT2D eigenvalue weighted by Gasteiger charge is -2.27. The van der Waals surface area contributed by atoms with Crippen LogP contribution in [0.5, 0.6) is 5.75 Å². The molecular formula is C20H21BrN2O2. The zero-order chi connectivity index (χ0) is 17.4. The Bertz CT molecular complexity index is 807. The Balaban J connectivity index is 1.68. The number of likely N-dealkylation sites (N-methyl/N-ethyl adjacent to an activating group) is 1. The zero-order valence-corrected chi connectivity index (χ0v) is 16.0. The number of benzene rings is 2. The van der Waals surface area contributed by atoms with Crippen LogP contribution in [0.4, 0.5) is 0 Å². The predicted molar refractivity (Wildman–Crippen MR) is 102 cm³/mol. The highest BCUT2D eigenvalue weighted by molar-refractivity contribution is 9.10. The predicted octanol–water partition coefficient (Wildman–Crippen LogP) is 4.04. The Labute approximate surface area is 156 Å². The van der Waals surface area contributed by atoms with Crippen LogP contribution < -0.4 is 4.74 Å². The molecule has 1 fully saturated rings. The molecule has 1 saturated carbocycles. The van der Waals surface area contributed by atoms with Gasteiger partial charge in [-0.2, -0.15) is 0 Å². The van der Waals surface area contributed by atoms with Gasteiger partial charge in [-0.1, -0.05) is 51.4 Å². The van der Waals surface area contributed by atoms with Crippen molar-refractivity contribution >= 4 is 21.6 Å². The van der Waals surface area contributed by atoms with Gasteiger partial charge in [0.25, 0.3) is 0 Å². The fraction of sp³-hybridized carbons (Fsp3) is 0.350. The van der Waals surface area contributed by atoms with Crippen LogP contribution in [-0.4, -0.2) is 37.9 Å². The van der Waals surface area contributed by atoms with E-state index in [-0.39, 0.29) is 11.5 Å². The summed E-state index contributed by atoms with van der Waals surface area (Å²) in [5, 5.41) is 4.51. The molecule has 0 radical (unpaired) electrons. The number of halogens is 1. The fourth-order valence-corrected chi connectivity index (χ4v) is 3.74. The standard InChI is InChI=1S/C20H21BrN2O2/c1-23(2)10-11-24-22-19-16-9-8-15(21)12-18(16)25-20(13-17(19)20)14-6-4-3-5-7-14/h3-9,12,17H,10-11,13H2,1-2H3. The van der Waals surface area contributed by atoms with Gasteiger partial charge in [0.15, 0.2) is 0 Å². The van der Waals surface area contributed by atoms with E-state index in [0.29, 0.717) is 6.61 Å². The lowest BCUT2D eigenvalue weighted by molar-refractivity contribution is 0.121. The summed E-state index contributed by atoms with van der Waals surface area (Å²) in [6, 6.07) is 16.5. The smallest absolute Gasteiger partial charge is 0.143 e. The van der Waals surface area contributed by atoms with Gasteiger partial charge in [0, 0.05) is 23.0 Å². The summed E-state index contributed by atoms with van der Waals surface area (Å²) in [6.45, 7) is 1.42. The molecule has 0 aromatic heterocycles. The van der Waals surface area contributed by atoms with Gasteiger partial charge in [-0.05, 0) is 37.9 Å². The van der Waals surface area contributed by atoms with Crippen molar-refractivity contribution in [1.29, 1.82) is 0 Å². The summed E-state index contributed by atoms with van der Waals surface area (Å²) in [5.74, 6) is 1.10. The molecule has 1 aliphatic carbocycles. The molecule has 2 aromatic rings. The van der Waals surface area contributed by atoms with Crippen LogP contribution in [0.25, 0.3) is 0 Å². The summed E-state index contributed by atoms with van der Waals surface area (Å²) in [5.41, 5.74) is 2.92. The largest absolute Gasteiger partial charge is 0.481 e. The van der Waals surface area contributed by atoms with Crippen molar-refractivity contribution in [3.63, 3.8) is 0 Å². The summed E-state index contributed by atoms with van der Waals surface area (Å²) >= 11 is 3.54. The van der Waals surface area contributed by atoms with Gasteiger partial charge in [-0.15, -0.1) is 0 Å². The van der Waals surface area contributed by atoms with Crippen LogP contribution in [0, 0.1) is 5.92 Å². The van der Waals surface area contributed by atoms with E-state index in [1.165, 1.54) is 5.56 Å². The Morgan fingerprint density at radius 2 is 2.04 bits per heavy atom. The molecule has 25 heavy (non-hydrogen) atoms. The van der Waals surface area contributed by atoms with E-state index in [0.717, 1.165) is 34.5 Å². The van der Waals surface area contributed by atoms with E-state index >= 15 is 0 Å². The molecule has 0 amide bonds. The Morgan fingerprint density at radius 1 is 1.24 bits per heavy atom. The van der Waals surface area contributed by atoms with Crippen LogP contribution in [0.2, 0.25) is 0 Å². The summed E-state index contributed by atoms with van der Waals surface area (Å²) < 4.78 is 7.46. The number of oxime groups is 1. The minimum absolute atomic E-state index is 0.239. The monoisotopic (exact) mass is 400 g/mol. The van der Waals surface area contributed by atoms with Gasteiger partial charge in [-0.3, -0.25) is 0 Å². The third kappa shape index (κ3) is 3.07. The highest BCUT2D eigenvalue weighted by atomic mass is 79.9. The molecule has 0 spiro atoms. The highest BCUT2D eigenvalue weighted by Gasteiger charge is 2.64. The van der Waals surface area contributed by atoms with E-state index in [1.807, 2.05) is 32.3 Å². The Kier molecular flexibility index (Phi) is 4.29. The Morgan fingerprint density at radius 3 is 2.80 bits per heavy atom. The second-order valence-electron chi connectivity index (χ2n) is 6.87. The first kappa shape index (κ1) is 16.6. The molecular weight excluding hydrogens is 380 g/mol. The van der Waals surface area contributed by atoms with Crippen molar-refractivity contribution in [1.82, 2.24) is 4.90 Å². The topological polar surface area (TPSA) is 34.1 Å². The molecule has 2 aromatic carbocycles. The van der Waals surface area contributed by atoms with E-state index in [1.54, 1.807) is 0 Å². The lowest BCUT2D eigenvalue weighted by Crippen LogP contribution is -2.28. The van der Waals surface area contributed by atoms with Gasteiger partial charge in [0.05, 0.1) is 11.6 Å². The second kappa shape index (κ2) is 6.46. The summed E-state index contributed by atoms with van der Waals surface area (Å²) in [4.78, 5) is 7.71. The van der Waals surface area contributed by atoms with Gasteiger partial charge in [0.1, 0.15) is 18.0 Å². The molecule has 1 heterocycles. The molecule has 4 nitrogen and oxygen atoms in total.